The van der Waals surface area contributed by atoms with Crippen LogP contribution in [0.3, 0.4) is 0 Å². The monoisotopic (exact) mass is 295 g/mol. The molecule has 2 N–H and O–H groups in total. The van der Waals surface area contributed by atoms with Crippen molar-refractivity contribution in [2.24, 2.45) is 5.92 Å². The molecule has 2 aliphatic rings. The van der Waals surface area contributed by atoms with Crippen LogP contribution in [0, 0.1) is 5.92 Å². The second-order valence-corrected chi connectivity index (χ2v) is 5.88. The van der Waals surface area contributed by atoms with Crippen LogP contribution in [-0.2, 0) is 9.59 Å². The zero-order valence-electron chi connectivity index (χ0n) is 10.5. The van der Waals surface area contributed by atoms with Gasteiger partial charge in [0.1, 0.15) is 6.26 Å². The van der Waals surface area contributed by atoms with E-state index < -0.39 is 11.9 Å². The molecule has 0 spiro atoms. The van der Waals surface area contributed by atoms with Crippen molar-refractivity contribution < 1.29 is 18.8 Å². The summed E-state index contributed by atoms with van der Waals surface area (Å²) in [4.78, 5) is 38.7. The zero-order chi connectivity index (χ0) is 14.1. The van der Waals surface area contributed by atoms with Crippen LogP contribution in [-0.4, -0.2) is 33.7 Å². The highest BCUT2D eigenvalue weighted by atomic mass is 32.2. The maximum atomic E-state index is 11.9. The number of nitrogens with one attached hydrogen (secondary N) is 2. The van der Waals surface area contributed by atoms with E-state index in [0.29, 0.717) is 12.2 Å². The molecule has 3 rings (SSSR count). The van der Waals surface area contributed by atoms with Crippen molar-refractivity contribution >= 4 is 34.7 Å². The maximum Gasteiger partial charge on any atom is 0.302 e. The number of hydrogen-bond donors (Lipinski definition) is 2. The third-order valence-corrected chi connectivity index (χ3v) is 4.16. The van der Waals surface area contributed by atoms with Gasteiger partial charge in [-0.15, -0.1) is 0 Å². The van der Waals surface area contributed by atoms with E-state index >= 15 is 0 Å². The van der Waals surface area contributed by atoms with Gasteiger partial charge >= 0.3 is 6.01 Å². The van der Waals surface area contributed by atoms with Gasteiger partial charge in [0.2, 0.25) is 11.0 Å². The van der Waals surface area contributed by atoms with E-state index in [1.807, 2.05) is 0 Å². The second-order valence-electron chi connectivity index (χ2n) is 4.78. The summed E-state index contributed by atoms with van der Waals surface area (Å²) in [5.74, 6) is 0.140. The average molecular weight is 295 g/mol. The molecule has 1 saturated carbocycles. The molecule has 0 aromatic carbocycles. The number of anilines is 1. The third kappa shape index (κ3) is 2.84. The van der Waals surface area contributed by atoms with Crippen molar-refractivity contribution in [2.45, 2.75) is 25.3 Å². The lowest BCUT2D eigenvalue weighted by molar-refractivity contribution is -0.117. The largest absolute Gasteiger partial charge is 0.431 e. The lowest BCUT2D eigenvalue weighted by atomic mass is 10.2. The Hall–Kier alpha value is -1.83. The van der Waals surface area contributed by atoms with Gasteiger partial charge in [0.15, 0.2) is 5.69 Å². The summed E-state index contributed by atoms with van der Waals surface area (Å²) in [6, 6.07) is -0.451. The normalized spacial score (nSPS) is 21.8. The van der Waals surface area contributed by atoms with Crippen molar-refractivity contribution in [3.63, 3.8) is 0 Å². The number of rotatable bonds is 4. The van der Waals surface area contributed by atoms with E-state index in [1.165, 1.54) is 18.0 Å². The van der Waals surface area contributed by atoms with Crippen LogP contribution < -0.4 is 10.6 Å². The van der Waals surface area contributed by atoms with Gasteiger partial charge in [0.05, 0.1) is 6.04 Å². The van der Waals surface area contributed by atoms with Crippen LogP contribution in [0.15, 0.2) is 10.7 Å². The molecule has 1 aliphatic carbocycles. The molecule has 1 aromatic heterocycles. The Kier molecular flexibility index (Phi) is 3.47. The molecule has 0 bridgehead atoms. The number of aromatic nitrogens is 1. The Bertz CT molecular complexity index is 567. The summed E-state index contributed by atoms with van der Waals surface area (Å²) in [5, 5.41) is 5.08. The van der Waals surface area contributed by atoms with E-state index in [2.05, 4.69) is 15.6 Å². The summed E-state index contributed by atoms with van der Waals surface area (Å²) in [6.07, 6.45) is 3.55. The lowest BCUT2D eigenvalue weighted by Crippen LogP contribution is -2.37. The Balaban J connectivity index is 1.59. The van der Waals surface area contributed by atoms with Crippen LogP contribution in [0.5, 0.6) is 0 Å². The Morgan fingerprint density at radius 3 is 2.80 bits per heavy atom. The van der Waals surface area contributed by atoms with E-state index in [0.717, 1.165) is 12.8 Å². The zero-order valence-corrected chi connectivity index (χ0v) is 11.4. The molecule has 20 heavy (non-hydrogen) atoms. The molecule has 1 aromatic rings. The summed E-state index contributed by atoms with van der Waals surface area (Å²) in [7, 11) is 0. The minimum atomic E-state index is -0.471. The van der Waals surface area contributed by atoms with Gasteiger partial charge in [-0.05, 0) is 19.3 Å². The minimum Gasteiger partial charge on any atom is -0.431 e. The first-order chi connectivity index (χ1) is 9.63. The predicted octanol–water partition coefficient (Wildman–Crippen LogP) is 0.785. The van der Waals surface area contributed by atoms with E-state index in [-0.39, 0.29) is 28.6 Å². The first kappa shape index (κ1) is 13.2. The number of hydrogen-bond acceptors (Lipinski definition) is 6. The van der Waals surface area contributed by atoms with E-state index in [1.54, 1.807) is 0 Å². The maximum absolute atomic E-state index is 11.9. The van der Waals surface area contributed by atoms with Gasteiger partial charge in [-0.1, -0.05) is 11.8 Å². The molecule has 2 fully saturated rings. The van der Waals surface area contributed by atoms with Crippen LogP contribution in [0.1, 0.15) is 29.8 Å². The standard InChI is InChI=1S/C12H13N3O4S/c16-9(6-1-2-6)15-12-14-8(5-19-12)10(17)13-7-3-4-20-11(7)18/h5-7H,1-4H2,(H,13,17)(H,14,15,16). The van der Waals surface area contributed by atoms with E-state index in [4.69, 9.17) is 4.42 Å². The molecule has 2 amide bonds. The second kappa shape index (κ2) is 5.28. The number of carbonyl (C=O) groups excluding carboxylic acids is 3. The number of oxazole rings is 1. The van der Waals surface area contributed by atoms with Crippen LogP contribution >= 0.6 is 11.8 Å². The molecule has 1 saturated heterocycles. The SMILES string of the molecule is O=C(NC1CCSC1=O)c1coc(NC(=O)C2CC2)n1. The van der Waals surface area contributed by atoms with Crippen molar-refractivity contribution in [2.75, 3.05) is 11.1 Å². The minimum absolute atomic E-state index is 0.0131. The fourth-order valence-corrected chi connectivity index (χ4v) is 2.78. The molecule has 1 unspecified atom stereocenters. The molecule has 2 heterocycles. The van der Waals surface area contributed by atoms with Gasteiger partial charge in [-0.3, -0.25) is 19.7 Å². The summed E-state index contributed by atoms with van der Waals surface area (Å²) < 4.78 is 5.03. The molecular formula is C12H13N3O4S. The molecule has 1 atom stereocenters. The summed E-state index contributed by atoms with van der Waals surface area (Å²) in [6.45, 7) is 0. The topological polar surface area (TPSA) is 101 Å². The smallest absolute Gasteiger partial charge is 0.302 e. The quantitative estimate of drug-likeness (QED) is 0.851. The number of carbonyl (C=O) groups is 3. The number of thioether (sulfide) groups is 1. The van der Waals surface area contributed by atoms with Gasteiger partial charge in [0.25, 0.3) is 5.91 Å². The number of nitrogens with zero attached hydrogens (tertiary/aromatic N) is 1. The molecule has 8 heteroatoms. The van der Waals surface area contributed by atoms with Crippen molar-refractivity contribution in [3.05, 3.63) is 12.0 Å². The Labute approximate surface area is 118 Å². The fourth-order valence-electron chi connectivity index (χ4n) is 1.85. The van der Waals surface area contributed by atoms with E-state index in [9.17, 15) is 14.4 Å². The molecule has 0 radical (unpaired) electrons. The number of amides is 2. The fraction of sp³-hybridized carbons (Fsp3) is 0.500. The van der Waals surface area contributed by atoms with Crippen LogP contribution in [0.2, 0.25) is 0 Å². The van der Waals surface area contributed by atoms with Gasteiger partial charge in [-0.25, -0.2) is 0 Å². The average Bonchev–Trinajstić information content (AvgIpc) is 3.06. The van der Waals surface area contributed by atoms with Crippen molar-refractivity contribution in [1.29, 1.82) is 0 Å². The third-order valence-electron chi connectivity index (χ3n) is 3.16. The molecule has 1 aliphatic heterocycles. The Morgan fingerprint density at radius 1 is 1.35 bits per heavy atom. The highest BCUT2D eigenvalue weighted by molar-refractivity contribution is 8.14. The first-order valence-corrected chi connectivity index (χ1v) is 7.36. The predicted molar refractivity (Wildman–Crippen MR) is 71.2 cm³/mol. The first-order valence-electron chi connectivity index (χ1n) is 6.37. The summed E-state index contributed by atoms with van der Waals surface area (Å²) >= 11 is 1.21. The molecular weight excluding hydrogens is 282 g/mol. The van der Waals surface area contributed by atoms with Crippen LogP contribution in [0.4, 0.5) is 6.01 Å². The van der Waals surface area contributed by atoms with Gasteiger partial charge in [-0.2, -0.15) is 4.98 Å². The van der Waals surface area contributed by atoms with Crippen LogP contribution in [0.25, 0.3) is 0 Å². The highest BCUT2D eigenvalue weighted by Crippen LogP contribution is 2.30. The highest BCUT2D eigenvalue weighted by Gasteiger charge is 2.31. The molecule has 106 valence electrons. The van der Waals surface area contributed by atoms with Crippen molar-refractivity contribution in [1.82, 2.24) is 10.3 Å². The Morgan fingerprint density at radius 2 is 2.15 bits per heavy atom. The van der Waals surface area contributed by atoms with Crippen molar-refractivity contribution in [3.8, 4) is 0 Å². The van der Waals surface area contributed by atoms with Gasteiger partial charge in [0, 0.05) is 11.7 Å². The van der Waals surface area contributed by atoms with Gasteiger partial charge < -0.3 is 9.73 Å². The summed E-state index contributed by atoms with van der Waals surface area (Å²) in [5.41, 5.74) is 0.0563. The molecule has 7 nitrogen and oxygen atoms in total. The lowest BCUT2D eigenvalue weighted by Gasteiger charge is -2.07.